The summed E-state index contributed by atoms with van der Waals surface area (Å²) in [4.78, 5) is 9.81. The molecule has 0 fully saturated rings. The van der Waals surface area contributed by atoms with Crippen molar-refractivity contribution < 1.29 is 10.2 Å². The molecule has 5 rings (SSSR count). The van der Waals surface area contributed by atoms with Crippen LogP contribution in [0.25, 0.3) is 43.8 Å². The maximum Gasteiger partial charge on any atom is 0.0982 e. The number of benzene rings is 4. The lowest BCUT2D eigenvalue weighted by Crippen LogP contribution is -2.01. The second-order valence-electron chi connectivity index (χ2n) is 7.24. The molecule has 0 spiro atoms. The Balaban J connectivity index is 2.00. The molecule has 0 atom stereocenters. The van der Waals surface area contributed by atoms with E-state index < -0.39 is 0 Å². The van der Waals surface area contributed by atoms with E-state index in [1.54, 1.807) is 0 Å². The highest BCUT2D eigenvalue weighted by Gasteiger charge is 2.17. The van der Waals surface area contributed by atoms with Gasteiger partial charge < -0.3 is 10.2 Å². The Morgan fingerprint density at radius 3 is 2.24 bits per heavy atom. The minimum absolute atomic E-state index is 0.116. The van der Waals surface area contributed by atoms with Crippen molar-refractivity contribution in [3.8, 4) is 11.3 Å². The molecule has 2 N–H and O–H groups in total. The quantitative estimate of drug-likeness (QED) is 0.437. The number of hydrogen-bond acceptors (Lipinski definition) is 4. The fourth-order valence-corrected chi connectivity index (χ4v) is 4.24. The maximum atomic E-state index is 9.96. The molecule has 142 valence electrons. The molecule has 0 saturated heterocycles. The average Bonchev–Trinajstić information content (AvgIpc) is 2.79. The van der Waals surface area contributed by atoms with Gasteiger partial charge in [0.1, 0.15) is 0 Å². The molecule has 0 amide bonds. The van der Waals surface area contributed by atoms with Crippen LogP contribution in [0.2, 0.25) is 0 Å². The van der Waals surface area contributed by atoms with Gasteiger partial charge in [0.05, 0.1) is 36.1 Å². The summed E-state index contributed by atoms with van der Waals surface area (Å²) in [6.07, 6.45) is 1.82. The van der Waals surface area contributed by atoms with Crippen LogP contribution in [0.1, 0.15) is 16.7 Å². The third kappa shape index (κ3) is 2.69. The van der Waals surface area contributed by atoms with Crippen LogP contribution in [-0.4, -0.2) is 20.2 Å². The molecule has 0 aliphatic rings. The third-order valence-electron chi connectivity index (χ3n) is 5.68. The molecule has 4 heteroatoms. The van der Waals surface area contributed by atoms with Gasteiger partial charge in [0, 0.05) is 16.3 Å². The zero-order chi connectivity index (χ0) is 20.0. The molecule has 0 radical (unpaired) electrons. The average molecular weight is 380 g/mol. The Kier molecular flexibility index (Phi) is 4.23. The fourth-order valence-electron chi connectivity index (χ4n) is 4.24. The van der Waals surface area contributed by atoms with Gasteiger partial charge in [-0.3, -0.25) is 4.98 Å². The van der Waals surface area contributed by atoms with E-state index in [0.29, 0.717) is 0 Å². The van der Waals surface area contributed by atoms with E-state index in [-0.39, 0.29) is 13.2 Å². The molecular weight excluding hydrogens is 360 g/mol. The summed E-state index contributed by atoms with van der Waals surface area (Å²) < 4.78 is 0. The van der Waals surface area contributed by atoms with Crippen LogP contribution in [0.4, 0.5) is 0 Å². The summed E-state index contributed by atoms with van der Waals surface area (Å²) in [5.41, 5.74) is 5.91. The summed E-state index contributed by atoms with van der Waals surface area (Å²) in [5, 5.41) is 23.9. The van der Waals surface area contributed by atoms with E-state index in [1.807, 2.05) is 61.7 Å². The maximum absolute atomic E-state index is 9.96. The summed E-state index contributed by atoms with van der Waals surface area (Å²) >= 11 is 0. The van der Waals surface area contributed by atoms with Gasteiger partial charge in [0.15, 0.2) is 0 Å². The topological polar surface area (TPSA) is 66.2 Å². The molecular formula is C25H20N2O2. The SMILES string of the molecule is Cc1c(CO)c(CO)cc2c3ccccc3c3ncc(-c4ccccc4)nc3c12. The Labute approximate surface area is 168 Å². The molecule has 4 aromatic carbocycles. The molecule has 1 heterocycles. The normalized spacial score (nSPS) is 11.6. The van der Waals surface area contributed by atoms with Crippen LogP contribution in [-0.2, 0) is 13.2 Å². The second kappa shape index (κ2) is 6.92. The van der Waals surface area contributed by atoms with Crippen LogP contribution >= 0.6 is 0 Å². The molecule has 29 heavy (non-hydrogen) atoms. The summed E-state index contributed by atoms with van der Waals surface area (Å²) in [6.45, 7) is 1.74. The number of hydrogen-bond donors (Lipinski definition) is 2. The minimum atomic E-state index is -0.127. The van der Waals surface area contributed by atoms with Crippen LogP contribution in [0, 0.1) is 6.92 Å². The van der Waals surface area contributed by atoms with Crippen LogP contribution in [0.5, 0.6) is 0 Å². The number of aliphatic hydroxyl groups excluding tert-OH is 2. The third-order valence-corrected chi connectivity index (χ3v) is 5.68. The standard InChI is InChI=1S/C25H20N2O2/c1-15-21(14-29)17(13-28)11-20-18-9-5-6-10-19(18)24-25(23(15)20)27-22(12-26-24)16-7-3-2-4-8-16/h2-12,28-29H,13-14H2,1H3. The number of fused-ring (bicyclic) bond motifs is 6. The molecule has 0 unspecified atom stereocenters. The Morgan fingerprint density at radius 2 is 1.52 bits per heavy atom. The zero-order valence-corrected chi connectivity index (χ0v) is 16.1. The van der Waals surface area contributed by atoms with Crippen molar-refractivity contribution in [1.29, 1.82) is 0 Å². The lowest BCUT2D eigenvalue weighted by Gasteiger charge is -2.17. The minimum Gasteiger partial charge on any atom is -0.392 e. The van der Waals surface area contributed by atoms with Gasteiger partial charge in [0.2, 0.25) is 0 Å². The van der Waals surface area contributed by atoms with E-state index in [0.717, 1.165) is 60.5 Å². The Bertz CT molecular complexity index is 1380. The lowest BCUT2D eigenvalue weighted by molar-refractivity contribution is 0.259. The number of aliphatic hydroxyl groups is 2. The van der Waals surface area contributed by atoms with Crippen LogP contribution < -0.4 is 0 Å². The first-order valence-electron chi connectivity index (χ1n) is 9.62. The van der Waals surface area contributed by atoms with Crippen molar-refractivity contribution in [2.45, 2.75) is 20.1 Å². The number of nitrogens with zero attached hydrogens (tertiary/aromatic N) is 2. The highest BCUT2D eigenvalue weighted by molar-refractivity contribution is 6.24. The largest absolute Gasteiger partial charge is 0.392 e. The van der Waals surface area contributed by atoms with Crippen molar-refractivity contribution in [2.75, 3.05) is 0 Å². The smallest absolute Gasteiger partial charge is 0.0982 e. The van der Waals surface area contributed by atoms with E-state index in [9.17, 15) is 10.2 Å². The van der Waals surface area contributed by atoms with Gasteiger partial charge in [0.25, 0.3) is 0 Å². The highest BCUT2D eigenvalue weighted by atomic mass is 16.3. The lowest BCUT2D eigenvalue weighted by atomic mass is 9.91. The van der Waals surface area contributed by atoms with E-state index in [2.05, 4.69) is 12.1 Å². The molecule has 0 aliphatic heterocycles. The van der Waals surface area contributed by atoms with Crippen molar-refractivity contribution in [3.05, 3.63) is 83.6 Å². The summed E-state index contributed by atoms with van der Waals surface area (Å²) in [5.74, 6) is 0. The predicted molar refractivity (Wildman–Crippen MR) is 117 cm³/mol. The first-order chi connectivity index (χ1) is 14.2. The van der Waals surface area contributed by atoms with Gasteiger partial charge in [-0.15, -0.1) is 0 Å². The molecule has 0 saturated carbocycles. The van der Waals surface area contributed by atoms with Gasteiger partial charge >= 0.3 is 0 Å². The summed E-state index contributed by atoms with van der Waals surface area (Å²) in [6, 6.07) is 20.1. The van der Waals surface area contributed by atoms with Crippen molar-refractivity contribution in [3.63, 3.8) is 0 Å². The summed E-state index contributed by atoms with van der Waals surface area (Å²) in [7, 11) is 0. The Morgan fingerprint density at radius 1 is 0.793 bits per heavy atom. The fraction of sp³-hybridized carbons (Fsp3) is 0.120. The first-order valence-corrected chi connectivity index (χ1v) is 9.62. The Hall–Kier alpha value is -3.34. The molecule has 1 aromatic heterocycles. The van der Waals surface area contributed by atoms with Crippen molar-refractivity contribution in [1.82, 2.24) is 9.97 Å². The van der Waals surface area contributed by atoms with Crippen LogP contribution in [0.3, 0.4) is 0 Å². The van der Waals surface area contributed by atoms with Crippen molar-refractivity contribution >= 4 is 32.6 Å². The van der Waals surface area contributed by atoms with Gasteiger partial charge in [-0.05, 0) is 40.5 Å². The van der Waals surface area contributed by atoms with Gasteiger partial charge in [-0.1, -0.05) is 54.6 Å². The number of aryl methyl sites for hydroxylation is 1. The van der Waals surface area contributed by atoms with Gasteiger partial charge in [-0.25, -0.2) is 4.98 Å². The zero-order valence-electron chi connectivity index (χ0n) is 16.1. The second-order valence-corrected chi connectivity index (χ2v) is 7.24. The van der Waals surface area contributed by atoms with Crippen LogP contribution in [0.15, 0.2) is 66.9 Å². The first kappa shape index (κ1) is 17.7. The van der Waals surface area contributed by atoms with E-state index in [1.165, 1.54) is 0 Å². The van der Waals surface area contributed by atoms with E-state index >= 15 is 0 Å². The number of aromatic nitrogens is 2. The molecule has 4 nitrogen and oxygen atoms in total. The monoisotopic (exact) mass is 380 g/mol. The molecule has 0 bridgehead atoms. The van der Waals surface area contributed by atoms with Gasteiger partial charge in [-0.2, -0.15) is 0 Å². The predicted octanol–water partition coefficient (Wildman–Crippen LogP) is 4.90. The highest BCUT2D eigenvalue weighted by Crippen LogP contribution is 2.38. The van der Waals surface area contributed by atoms with E-state index in [4.69, 9.17) is 9.97 Å². The molecule has 0 aliphatic carbocycles. The van der Waals surface area contributed by atoms with Crippen molar-refractivity contribution in [2.24, 2.45) is 0 Å². The molecule has 5 aromatic rings. The number of rotatable bonds is 3.